The lowest BCUT2D eigenvalue weighted by Crippen LogP contribution is -2.54. The number of rotatable bonds is 17. The predicted octanol–water partition coefficient (Wildman–Crippen LogP) is 4.54. The first kappa shape index (κ1) is 47.1. The molecule has 6 heterocycles. The van der Waals surface area contributed by atoms with Crippen molar-refractivity contribution >= 4 is 52.9 Å². The van der Waals surface area contributed by atoms with E-state index >= 15 is 0 Å². The highest BCUT2D eigenvalue weighted by atomic mass is 16.5. The molecule has 2 aromatic heterocycles. The van der Waals surface area contributed by atoms with Crippen molar-refractivity contribution in [3.8, 4) is 17.2 Å². The van der Waals surface area contributed by atoms with E-state index in [4.69, 9.17) is 19.4 Å². The number of nitrogens with one attached hydrogen (secondary N) is 4. The molecular weight excluding hydrogens is 885 g/mol. The fourth-order valence-electron chi connectivity index (χ4n) is 10.4. The van der Waals surface area contributed by atoms with Crippen molar-refractivity contribution in [2.75, 3.05) is 56.7 Å². The molecule has 6 amide bonds. The first-order chi connectivity index (χ1) is 33.5. The molecule has 2 saturated heterocycles. The number of fused-ring (bicyclic) bond motifs is 4. The van der Waals surface area contributed by atoms with Crippen LogP contribution in [0.2, 0.25) is 0 Å². The second-order valence-corrected chi connectivity index (χ2v) is 18.5. The summed E-state index contributed by atoms with van der Waals surface area (Å²) in [7, 11) is 1.58. The third kappa shape index (κ3) is 9.98. The zero-order valence-electron chi connectivity index (χ0n) is 39.4. The van der Waals surface area contributed by atoms with Crippen LogP contribution in [0.3, 0.4) is 0 Å². The Labute approximate surface area is 400 Å². The summed E-state index contributed by atoms with van der Waals surface area (Å²) in [5.74, 6) is 1.12. The maximum Gasteiger partial charge on any atom is 0.266 e. The lowest BCUT2D eigenvalue weighted by Gasteiger charge is -2.39. The van der Waals surface area contributed by atoms with Crippen molar-refractivity contribution in [1.82, 2.24) is 50.5 Å². The lowest BCUT2D eigenvalue weighted by molar-refractivity contribution is -0.136. The van der Waals surface area contributed by atoms with Gasteiger partial charge in [-0.1, -0.05) is 32.3 Å². The highest BCUT2D eigenvalue weighted by Gasteiger charge is 2.46. The van der Waals surface area contributed by atoms with Crippen LogP contribution in [0.25, 0.3) is 5.69 Å². The van der Waals surface area contributed by atoms with Crippen LogP contribution in [0.1, 0.15) is 133 Å². The average Bonchev–Trinajstić information content (AvgIpc) is 3.86. The molecule has 4 N–H and O–H groups in total. The number of hydrogen-bond donors (Lipinski definition) is 4. The van der Waals surface area contributed by atoms with Gasteiger partial charge in [-0.05, 0) is 101 Å². The molecule has 20 nitrogen and oxygen atoms in total. The Balaban J connectivity index is 0.714. The van der Waals surface area contributed by atoms with E-state index in [1.165, 1.54) is 44.2 Å². The number of carbonyl (C=O) groups is 6. The summed E-state index contributed by atoms with van der Waals surface area (Å²) in [4.78, 5) is 92.1. The van der Waals surface area contributed by atoms with Crippen molar-refractivity contribution < 1.29 is 38.2 Å². The van der Waals surface area contributed by atoms with E-state index in [-0.39, 0.29) is 60.2 Å². The van der Waals surface area contributed by atoms with Crippen molar-refractivity contribution in [1.29, 1.82) is 0 Å². The number of likely N-dealkylation sites (tertiary alicyclic amines) is 1. The number of hydrogen-bond acceptors (Lipinski definition) is 15. The van der Waals surface area contributed by atoms with E-state index in [2.05, 4.69) is 52.8 Å². The Morgan fingerprint density at radius 3 is 2.51 bits per heavy atom. The summed E-state index contributed by atoms with van der Waals surface area (Å²) in [6.45, 7) is 7.62. The van der Waals surface area contributed by atoms with E-state index in [0.29, 0.717) is 35.4 Å². The maximum atomic E-state index is 13.5. The highest BCUT2D eigenvalue weighted by Crippen LogP contribution is 2.41. The Morgan fingerprint density at radius 2 is 1.74 bits per heavy atom. The maximum absolute atomic E-state index is 13.5. The van der Waals surface area contributed by atoms with Crippen LogP contribution in [0.5, 0.6) is 11.5 Å². The molecule has 69 heavy (non-hydrogen) atoms. The van der Waals surface area contributed by atoms with Gasteiger partial charge in [0.2, 0.25) is 17.8 Å². The average molecular weight is 945 g/mol. The van der Waals surface area contributed by atoms with E-state index in [1.807, 2.05) is 19.2 Å². The molecule has 364 valence electrons. The van der Waals surface area contributed by atoms with Gasteiger partial charge < -0.3 is 35.2 Å². The van der Waals surface area contributed by atoms with Gasteiger partial charge in [-0.25, -0.2) is 4.98 Å². The van der Waals surface area contributed by atoms with Gasteiger partial charge >= 0.3 is 0 Å². The Morgan fingerprint density at radius 1 is 0.928 bits per heavy atom. The number of ether oxygens (including phenoxy) is 2. The number of unbranched alkanes of at least 4 members (excludes halogenated alkanes) is 1. The van der Waals surface area contributed by atoms with Crippen LogP contribution in [0.4, 0.5) is 17.5 Å². The third-order valence-corrected chi connectivity index (χ3v) is 14.0. The van der Waals surface area contributed by atoms with E-state index < -0.39 is 29.7 Å². The summed E-state index contributed by atoms with van der Waals surface area (Å²) >= 11 is 0. The van der Waals surface area contributed by atoms with E-state index in [9.17, 15) is 28.8 Å². The zero-order chi connectivity index (χ0) is 48.2. The Kier molecular flexibility index (Phi) is 14.2. The van der Waals surface area contributed by atoms with Gasteiger partial charge in [0.05, 0.1) is 36.2 Å². The van der Waals surface area contributed by atoms with E-state index in [0.717, 1.165) is 86.3 Å². The number of nitrogens with zero attached hydrogens (tertiary/aromatic N) is 8. The molecular formula is C49H60N12O8. The minimum absolute atomic E-state index is 0.00616. The monoisotopic (exact) mass is 944 g/mol. The summed E-state index contributed by atoms with van der Waals surface area (Å²) in [6, 6.07) is 8.84. The van der Waals surface area contributed by atoms with Gasteiger partial charge in [-0.3, -0.25) is 43.6 Å². The van der Waals surface area contributed by atoms with Crippen LogP contribution in [0, 0.1) is 12.8 Å². The number of aromatic nitrogens is 5. The fourth-order valence-corrected chi connectivity index (χ4v) is 10.4. The first-order valence-electron chi connectivity index (χ1n) is 24.3. The van der Waals surface area contributed by atoms with Gasteiger partial charge in [0.25, 0.3) is 23.6 Å². The fraction of sp³-hybridized carbons (Fsp3) is 0.510. The van der Waals surface area contributed by atoms with Crippen LogP contribution in [-0.2, 0) is 14.4 Å². The number of methoxy groups -OCH3 is 1. The molecule has 20 heteroatoms. The van der Waals surface area contributed by atoms with Crippen molar-refractivity contribution in [3.63, 3.8) is 0 Å². The third-order valence-electron chi connectivity index (χ3n) is 14.0. The molecule has 2 aromatic carbocycles. The number of amides is 6. The molecule has 0 spiro atoms. The summed E-state index contributed by atoms with van der Waals surface area (Å²) < 4.78 is 13.5. The molecule has 4 aliphatic heterocycles. The van der Waals surface area contributed by atoms with Crippen LogP contribution in [0.15, 0.2) is 42.6 Å². The zero-order valence-corrected chi connectivity index (χ0v) is 39.4. The van der Waals surface area contributed by atoms with Crippen LogP contribution < -0.4 is 35.6 Å². The summed E-state index contributed by atoms with van der Waals surface area (Å²) in [5.41, 5.74) is 2.08. The van der Waals surface area contributed by atoms with Gasteiger partial charge in [-0.2, -0.15) is 4.98 Å². The van der Waals surface area contributed by atoms with Crippen LogP contribution in [-0.4, -0.2) is 128 Å². The van der Waals surface area contributed by atoms with E-state index in [1.54, 1.807) is 25.3 Å². The van der Waals surface area contributed by atoms with Crippen molar-refractivity contribution in [2.24, 2.45) is 5.92 Å². The second-order valence-electron chi connectivity index (χ2n) is 18.5. The minimum Gasteiger partial charge on any atom is -0.495 e. The smallest absolute Gasteiger partial charge is 0.266 e. The SMILES string of the molecule is CC[C@@H]1c2nnc(C)n2-c2cnc(Nc3ccc(C(=O)NC4CCN(CCCCNC(=O)COc5cccc6c5C(=O)N(C5CCC(=O)NC5=O)C6=O)CC4)cc3OC)nc2N1CC1CCCCC1. The van der Waals surface area contributed by atoms with Gasteiger partial charge in [0.1, 0.15) is 29.1 Å². The van der Waals surface area contributed by atoms with Crippen molar-refractivity contribution in [2.45, 2.75) is 109 Å². The molecule has 0 radical (unpaired) electrons. The second kappa shape index (κ2) is 20.7. The number of aryl methyl sites for hydroxylation is 1. The molecule has 5 aliphatic rings. The molecule has 3 fully saturated rings. The largest absolute Gasteiger partial charge is 0.495 e. The molecule has 9 rings (SSSR count). The van der Waals surface area contributed by atoms with Crippen LogP contribution >= 0.6 is 0 Å². The molecule has 1 saturated carbocycles. The normalized spacial score (nSPS) is 19.7. The molecule has 1 aliphatic carbocycles. The number of carbonyl (C=O) groups excluding carboxylic acids is 6. The number of anilines is 3. The topological polar surface area (TPSA) is 235 Å². The van der Waals surface area contributed by atoms with Gasteiger partial charge in [0, 0.05) is 44.2 Å². The highest BCUT2D eigenvalue weighted by molar-refractivity contribution is 6.24. The van der Waals surface area contributed by atoms with Crippen molar-refractivity contribution in [3.05, 3.63) is 70.9 Å². The summed E-state index contributed by atoms with van der Waals surface area (Å²) in [5, 5.41) is 20.6. The first-order valence-corrected chi connectivity index (χ1v) is 24.3. The standard InChI is InChI=1S/C49H60N12O8/c1-4-35-44-57-56-29(2)60(44)37-26-51-49(55-43(37)59(35)27-30-11-6-5-7-12-30)53-34-16-15-31(25-39(34)68-3)45(64)52-32-19-23-58(24-20-32)22-9-8-21-50-41(63)28-69-38-14-10-13-33-42(38)48(67)61(47(33)66)36-17-18-40(62)54-46(36)65/h10,13-16,25-26,30,32,35-36H,4-9,11-12,17-24,27-28H2,1-3H3,(H,50,63)(H,52,64)(H,51,53,55)(H,54,62,65)/t35-,36?/m1/s1. The number of piperidine rings is 2. The van der Waals surface area contributed by atoms with Gasteiger partial charge in [-0.15, -0.1) is 10.2 Å². The molecule has 0 bridgehead atoms. The molecule has 4 aromatic rings. The van der Waals surface area contributed by atoms with Gasteiger partial charge in [0.15, 0.2) is 18.2 Å². The Bertz CT molecular complexity index is 2620. The minimum atomic E-state index is -1.10. The quantitative estimate of drug-likeness (QED) is 0.0841. The number of imide groups is 2. The predicted molar refractivity (Wildman–Crippen MR) is 253 cm³/mol. The Hall–Kier alpha value is -6.96. The molecule has 2 atom stereocenters. The number of benzene rings is 2. The lowest BCUT2D eigenvalue weighted by atomic mass is 9.88. The molecule has 1 unspecified atom stereocenters. The summed E-state index contributed by atoms with van der Waals surface area (Å²) in [6.07, 6.45) is 12.2.